The van der Waals surface area contributed by atoms with Crippen molar-refractivity contribution >= 4 is 60.2 Å². The summed E-state index contributed by atoms with van der Waals surface area (Å²) in [6, 6.07) is 0.321. The third kappa shape index (κ3) is 26.2. The van der Waals surface area contributed by atoms with E-state index < -0.39 is 5.24 Å². The maximum Gasteiger partial charge on any atom is 0.276 e. The first-order chi connectivity index (χ1) is 7.43. The van der Waals surface area contributed by atoms with Gasteiger partial charge in [-0.3, -0.25) is 9.59 Å². The number of hydrogen-bond donors (Lipinski definition) is 4. The predicted molar refractivity (Wildman–Crippen MR) is 80.1 cm³/mol. The molecule has 3 radical (unpaired) electrons. The molecule has 0 saturated carbocycles. The number of primary amides is 1. The van der Waals surface area contributed by atoms with Crippen molar-refractivity contribution in [1.82, 2.24) is 5.32 Å². The first kappa shape index (κ1) is 22.6. The Morgan fingerprint density at radius 3 is 2.00 bits per heavy atom. The Labute approximate surface area is 132 Å². The van der Waals surface area contributed by atoms with Crippen LogP contribution in [-0.4, -0.2) is 40.9 Å². The molecule has 0 aromatic rings. The number of hydrogen-bond acceptors (Lipinski definition) is 2. The quantitative estimate of drug-likeness (QED) is 0.321. The molecule has 1 unspecified atom stereocenters. The fraction of sp³-hybridized carbons (Fsp3) is 0.800. The van der Waals surface area contributed by atoms with Crippen molar-refractivity contribution in [2.24, 2.45) is 5.73 Å². The predicted octanol–water partition coefficient (Wildman–Crippen LogP) is 2.60. The van der Waals surface area contributed by atoms with Gasteiger partial charge in [0.15, 0.2) is 0 Å². The third-order valence-corrected chi connectivity index (χ3v) is 2.11. The van der Waals surface area contributed by atoms with Crippen LogP contribution in [0.15, 0.2) is 0 Å². The summed E-state index contributed by atoms with van der Waals surface area (Å²) in [6.45, 7) is 4.26. The van der Waals surface area contributed by atoms with Crippen LogP contribution in [0.3, 0.4) is 0 Å². The van der Waals surface area contributed by atoms with E-state index in [1.165, 1.54) is 19.3 Å². The largest absolute Gasteiger partial charge is 0.361 e. The zero-order chi connectivity index (χ0) is 13.0. The van der Waals surface area contributed by atoms with Crippen LogP contribution in [0.5, 0.6) is 0 Å². The summed E-state index contributed by atoms with van der Waals surface area (Å²) < 4.78 is 0. The van der Waals surface area contributed by atoms with Crippen molar-refractivity contribution in [3.05, 3.63) is 0 Å². The summed E-state index contributed by atoms with van der Waals surface area (Å²) in [5.74, 6) is 0. The molecule has 2 amide bonds. The topological polar surface area (TPSA) is 72.2 Å². The molecule has 101 valence electrons. The number of nitrogens with two attached hydrogens (primary N) is 1. The molecule has 0 aliphatic carbocycles. The van der Waals surface area contributed by atoms with Crippen molar-refractivity contribution < 1.29 is 9.59 Å². The fourth-order valence-corrected chi connectivity index (χ4v) is 1.38. The summed E-state index contributed by atoms with van der Waals surface area (Å²) in [7, 11) is 0. The van der Waals surface area contributed by atoms with Crippen LogP contribution in [0.25, 0.3) is 0 Å². The molecule has 3 N–H and O–H groups in total. The van der Waals surface area contributed by atoms with Gasteiger partial charge >= 0.3 is 0 Å². The molecule has 0 spiro atoms. The van der Waals surface area contributed by atoms with Crippen molar-refractivity contribution in [3.8, 4) is 0 Å². The van der Waals surface area contributed by atoms with E-state index in [-0.39, 0.29) is 29.7 Å². The summed E-state index contributed by atoms with van der Waals surface area (Å²) in [5.41, 5.74) is 4.34. The van der Waals surface area contributed by atoms with Crippen LogP contribution >= 0.6 is 25.3 Å². The Hall–Kier alpha value is 0.458. The average Bonchev–Trinajstić information content (AvgIpc) is 2.15. The van der Waals surface area contributed by atoms with Crippen molar-refractivity contribution in [3.63, 3.8) is 0 Å². The van der Waals surface area contributed by atoms with E-state index >= 15 is 0 Å². The second-order valence-corrected chi connectivity index (χ2v) is 4.24. The summed E-state index contributed by atoms with van der Waals surface area (Å²) in [5, 5.41) is 1.96. The number of carbonyl (C=O) groups is 2. The number of carbonyl (C=O) groups excluding carboxylic acids is 2. The van der Waals surface area contributed by atoms with E-state index in [4.69, 9.17) is 4.79 Å². The number of amides is 2. The number of unbranched alkanes of at least 4 members (excludes halogenated alkanes) is 2. The first-order valence-corrected chi connectivity index (χ1v) is 6.31. The second-order valence-electron chi connectivity index (χ2n) is 3.39. The van der Waals surface area contributed by atoms with Crippen LogP contribution in [0, 0.1) is 0 Å². The minimum atomic E-state index is -0.639. The smallest absolute Gasteiger partial charge is 0.276 e. The van der Waals surface area contributed by atoms with Gasteiger partial charge in [-0.05, 0) is 12.8 Å². The second kappa shape index (κ2) is 16.5. The monoisotopic (exact) mass is 387 g/mol. The standard InChI is InChI=1S/C9H19NOS.CH3NOS.Sb/c1-3-5-6-7-8(4-2)10-9(11)12;2-1(3)4;/h8H,3-7H2,1-2H3,(H2,10,11,12);(H3,2,3,4);. The molecular weight excluding hydrogens is 366 g/mol. The van der Waals surface area contributed by atoms with Crippen LogP contribution in [0.1, 0.15) is 46.0 Å². The van der Waals surface area contributed by atoms with Crippen molar-refractivity contribution in [2.45, 2.75) is 52.0 Å². The van der Waals surface area contributed by atoms with Gasteiger partial charge in [0.05, 0.1) is 0 Å². The SMILES string of the molecule is CCCCCC(CC)NC(=O)S.NC(=O)S.[Sb]. The van der Waals surface area contributed by atoms with E-state index in [0.29, 0.717) is 6.04 Å². The molecule has 0 rings (SSSR count). The van der Waals surface area contributed by atoms with Gasteiger partial charge in [-0.1, -0.05) is 58.4 Å². The molecule has 0 aliphatic heterocycles. The molecular formula is C10H22N2O2S2Sb. The van der Waals surface area contributed by atoms with Gasteiger partial charge in [0.25, 0.3) is 10.5 Å². The molecule has 1 atom stereocenters. The zero-order valence-electron chi connectivity index (χ0n) is 10.3. The first-order valence-electron chi connectivity index (χ1n) is 5.41. The van der Waals surface area contributed by atoms with E-state index in [9.17, 15) is 4.79 Å². The van der Waals surface area contributed by atoms with Crippen LogP contribution < -0.4 is 11.1 Å². The Morgan fingerprint density at radius 2 is 1.71 bits per heavy atom. The number of nitrogens with one attached hydrogen (secondary N) is 1. The minimum Gasteiger partial charge on any atom is -0.361 e. The Balaban J connectivity index is -0.000000340. The zero-order valence-corrected chi connectivity index (χ0v) is 14.7. The van der Waals surface area contributed by atoms with E-state index in [1.54, 1.807) is 0 Å². The normalized spacial score (nSPS) is 10.4. The van der Waals surface area contributed by atoms with Gasteiger partial charge in [-0.2, -0.15) is 0 Å². The fourth-order valence-electron chi connectivity index (χ4n) is 1.19. The molecule has 7 heteroatoms. The van der Waals surface area contributed by atoms with E-state index in [2.05, 4.69) is 50.2 Å². The van der Waals surface area contributed by atoms with Gasteiger partial charge in [0, 0.05) is 30.5 Å². The molecule has 0 bridgehead atoms. The van der Waals surface area contributed by atoms with Gasteiger partial charge in [-0.15, -0.1) is 0 Å². The molecule has 0 aliphatic rings. The van der Waals surface area contributed by atoms with Gasteiger partial charge in [0.2, 0.25) is 0 Å². The Morgan fingerprint density at radius 1 is 1.24 bits per heavy atom. The molecule has 0 saturated heterocycles. The Bertz CT molecular complexity index is 203. The third-order valence-electron chi connectivity index (χ3n) is 1.98. The molecule has 17 heavy (non-hydrogen) atoms. The van der Waals surface area contributed by atoms with Gasteiger partial charge in [-0.25, -0.2) is 0 Å². The summed E-state index contributed by atoms with van der Waals surface area (Å²) in [6.07, 6.45) is 5.75. The summed E-state index contributed by atoms with van der Waals surface area (Å²) in [4.78, 5) is 19.7. The molecule has 0 aromatic carbocycles. The van der Waals surface area contributed by atoms with Crippen LogP contribution in [0.2, 0.25) is 0 Å². The minimum absolute atomic E-state index is 0. The van der Waals surface area contributed by atoms with E-state index in [0.717, 1.165) is 12.8 Å². The van der Waals surface area contributed by atoms with Crippen LogP contribution in [0.4, 0.5) is 9.59 Å². The average molecular weight is 388 g/mol. The Kier molecular flexibility index (Phi) is 21.9. The maximum absolute atomic E-state index is 10.6. The molecule has 0 heterocycles. The maximum atomic E-state index is 10.6. The van der Waals surface area contributed by atoms with Gasteiger partial charge in [0.1, 0.15) is 0 Å². The van der Waals surface area contributed by atoms with Crippen molar-refractivity contribution in [2.75, 3.05) is 0 Å². The molecule has 0 aromatic heterocycles. The molecule has 0 fully saturated rings. The van der Waals surface area contributed by atoms with Crippen molar-refractivity contribution in [1.29, 1.82) is 0 Å². The van der Waals surface area contributed by atoms with Gasteiger partial charge < -0.3 is 11.1 Å². The number of rotatable bonds is 6. The summed E-state index contributed by atoms with van der Waals surface area (Å²) >= 11 is 6.79. The number of thiol groups is 2. The van der Waals surface area contributed by atoms with Crippen LogP contribution in [-0.2, 0) is 0 Å². The van der Waals surface area contributed by atoms with E-state index in [1.807, 2.05) is 0 Å². The molecule has 4 nitrogen and oxygen atoms in total.